The zero-order chi connectivity index (χ0) is 49.8. The van der Waals surface area contributed by atoms with Crippen LogP contribution in [0.5, 0.6) is 0 Å². The summed E-state index contributed by atoms with van der Waals surface area (Å²) in [4.78, 5) is 40.7. The van der Waals surface area contributed by atoms with Gasteiger partial charge in [0.25, 0.3) is 0 Å². The molecule has 0 aromatic carbocycles. The molecule has 0 aromatic rings. The Morgan fingerprint density at radius 2 is 0.449 bits per heavy atom. The lowest BCUT2D eigenvalue weighted by molar-refractivity contribution is -0.134. The Hall–Kier alpha value is -2.37. The van der Waals surface area contributed by atoms with E-state index in [9.17, 15) is 14.4 Å². The van der Waals surface area contributed by atoms with Crippen molar-refractivity contribution in [2.24, 2.45) is 17.8 Å². The van der Waals surface area contributed by atoms with Crippen LogP contribution in [0.25, 0.3) is 0 Å². The van der Waals surface area contributed by atoms with Gasteiger partial charge < -0.3 is 16.0 Å². The summed E-state index contributed by atoms with van der Waals surface area (Å²) >= 11 is 0. The molecular weight excluding hydrogens is 847 g/mol. The third kappa shape index (κ3) is 43.0. The molecule has 0 radical (unpaired) electrons. The Balaban J connectivity index is 2.39. The number of amides is 3. The summed E-state index contributed by atoms with van der Waals surface area (Å²) in [6.07, 6.45) is 69.1. The van der Waals surface area contributed by atoms with Crippen LogP contribution in [0, 0.1) is 17.8 Å². The molecule has 1 fully saturated rings. The Bertz CT molecular complexity index is 1070. The van der Waals surface area contributed by atoms with Crippen LogP contribution in [-0.4, -0.2) is 37.4 Å². The second kappa shape index (κ2) is 52.0. The third-order valence-electron chi connectivity index (χ3n) is 14.8. The predicted octanol–water partition coefficient (Wildman–Crippen LogP) is 18.5. The van der Waals surface area contributed by atoms with Gasteiger partial charge in [-0.3, -0.25) is 14.4 Å². The zero-order valence-electron chi connectivity index (χ0n) is 46.4. The van der Waals surface area contributed by atoms with Gasteiger partial charge >= 0.3 is 0 Å². The second-order valence-corrected chi connectivity index (χ2v) is 21.5. The van der Waals surface area contributed by atoms with E-state index in [0.29, 0.717) is 38.9 Å². The van der Waals surface area contributed by atoms with E-state index in [-0.39, 0.29) is 35.5 Å². The standard InChI is InChI=1S/C63H117N3O3/c1-4-7-10-13-16-19-22-25-28-31-34-37-40-43-46-49-52-64-61(67)58-55-59(62(68)65-53-50-47-44-41-38-35-32-29-26-23-20-17-14-11-8-5-2)57-60(56-58)63(69)66-54-51-48-45-42-39-36-33-30-27-24-21-18-15-12-9-6-3/h25-30,58-60H,4-24,31-57H2,1-3H3,(H,64,67)(H,65,68)(H,66,69)/b28-25+,29-26+,30-27+. The Morgan fingerprint density at radius 3 is 0.652 bits per heavy atom. The van der Waals surface area contributed by atoms with Crippen LogP contribution in [0.2, 0.25) is 0 Å². The number of carbonyl (C=O) groups excluding carboxylic acids is 3. The molecule has 6 heteroatoms. The van der Waals surface area contributed by atoms with Gasteiger partial charge in [0, 0.05) is 37.4 Å². The summed E-state index contributed by atoms with van der Waals surface area (Å²) < 4.78 is 0. The topological polar surface area (TPSA) is 87.3 Å². The summed E-state index contributed by atoms with van der Waals surface area (Å²) in [6, 6.07) is 0. The Labute approximate surface area is 429 Å². The lowest BCUT2D eigenvalue weighted by Gasteiger charge is -2.33. The number of nitrogens with one attached hydrogen (secondary N) is 3. The average Bonchev–Trinajstić information content (AvgIpc) is 3.36. The van der Waals surface area contributed by atoms with Crippen LogP contribution < -0.4 is 16.0 Å². The van der Waals surface area contributed by atoms with Crippen molar-refractivity contribution >= 4 is 17.7 Å². The summed E-state index contributed by atoms with van der Waals surface area (Å²) in [7, 11) is 0. The molecule has 1 aliphatic carbocycles. The van der Waals surface area contributed by atoms with Gasteiger partial charge in [-0.15, -0.1) is 0 Å². The van der Waals surface area contributed by atoms with Crippen LogP contribution >= 0.6 is 0 Å². The molecule has 0 spiro atoms. The first-order valence-electron chi connectivity index (χ1n) is 30.8. The molecule has 0 saturated heterocycles. The van der Waals surface area contributed by atoms with Crippen molar-refractivity contribution in [1.82, 2.24) is 16.0 Å². The van der Waals surface area contributed by atoms with Crippen molar-refractivity contribution in [3.05, 3.63) is 36.5 Å². The summed E-state index contributed by atoms with van der Waals surface area (Å²) in [6.45, 7) is 8.86. The van der Waals surface area contributed by atoms with E-state index in [1.165, 1.54) is 231 Å². The van der Waals surface area contributed by atoms with Crippen molar-refractivity contribution in [2.45, 2.75) is 310 Å². The van der Waals surface area contributed by atoms with Crippen molar-refractivity contribution in [1.29, 1.82) is 0 Å². The minimum absolute atomic E-state index is 0.0274. The number of carbonyl (C=O) groups is 3. The summed E-state index contributed by atoms with van der Waals surface area (Å²) in [5.41, 5.74) is 0. The fourth-order valence-electron chi connectivity index (χ4n) is 10.1. The predicted molar refractivity (Wildman–Crippen MR) is 302 cm³/mol. The van der Waals surface area contributed by atoms with Crippen molar-refractivity contribution in [3.63, 3.8) is 0 Å². The van der Waals surface area contributed by atoms with Crippen molar-refractivity contribution < 1.29 is 14.4 Å². The monoisotopic (exact) mass is 964 g/mol. The smallest absolute Gasteiger partial charge is 0.223 e. The maximum atomic E-state index is 13.6. The molecule has 402 valence electrons. The number of rotatable bonds is 51. The molecule has 3 amide bonds. The molecule has 3 N–H and O–H groups in total. The van der Waals surface area contributed by atoms with E-state index in [0.717, 1.165) is 38.5 Å². The number of hydrogen-bond donors (Lipinski definition) is 3. The normalized spacial score (nSPS) is 16.3. The van der Waals surface area contributed by atoms with Crippen LogP contribution in [0.15, 0.2) is 36.5 Å². The maximum absolute atomic E-state index is 13.6. The minimum atomic E-state index is -0.296. The fraction of sp³-hybridized carbons (Fsp3) is 0.857. The van der Waals surface area contributed by atoms with Gasteiger partial charge in [0.15, 0.2) is 0 Å². The number of hydrogen-bond acceptors (Lipinski definition) is 3. The third-order valence-corrected chi connectivity index (χ3v) is 14.8. The quantitative estimate of drug-likeness (QED) is 0.0419. The van der Waals surface area contributed by atoms with Gasteiger partial charge in [-0.25, -0.2) is 0 Å². The van der Waals surface area contributed by atoms with Crippen LogP contribution in [0.3, 0.4) is 0 Å². The first kappa shape index (κ1) is 64.6. The zero-order valence-corrected chi connectivity index (χ0v) is 46.4. The van der Waals surface area contributed by atoms with Crippen LogP contribution in [-0.2, 0) is 14.4 Å². The fourth-order valence-corrected chi connectivity index (χ4v) is 10.1. The molecule has 6 nitrogen and oxygen atoms in total. The summed E-state index contributed by atoms with van der Waals surface area (Å²) in [5, 5.41) is 9.63. The van der Waals surface area contributed by atoms with E-state index >= 15 is 0 Å². The second-order valence-electron chi connectivity index (χ2n) is 21.5. The highest BCUT2D eigenvalue weighted by Gasteiger charge is 2.38. The van der Waals surface area contributed by atoms with Gasteiger partial charge in [-0.2, -0.15) is 0 Å². The highest BCUT2D eigenvalue weighted by atomic mass is 16.2. The van der Waals surface area contributed by atoms with Gasteiger partial charge in [-0.05, 0) is 116 Å². The highest BCUT2D eigenvalue weighted by molar-refractivity contribution is 5.86. The van der Waals surface area contributed by atoms with Crippen molar-refractivity contribution in [3.8, 4) is 0 Å². The molecule has 0 aromatic heterocycles. The van der Waals surface area contributed by atoms with Crippen molar-refractivity contribution in [2.75, 3.05) is 19.6 Å². The Kier molecular flexibility index (Phi) is 48.7. The summed E-state index contributed by atoms with van der Waals surface area (Å²) in [5.74, 6) is -0.806. The molecular formula is C63H117N3O3. The number of unbranched alkanes of at least 4 members (excludes halogenated alkanes) is 36. The first-order chi connectivity index (χ1) is 34.0. The lowest BCUT2D eigenvalue weighted by atomic mass is 9.74. The van der Waals surface area contributed by atoms with Crippen LogP contribution in [0.1, 0.15) is 310 Å². The van der Waals surface area contributed by atoms with Gasteiger partial charge in [-0.1, -0.05) is 231 Å². The SMILES string of the molecule is CCCCCCCC/C=C/CCCCCCCCNC(=O)C1CC(C(=O)NCCCCCCCC/C=C/CCCCCCCC)CC(C(=O)NCCCCCCCC/C=C/CCCCCCCC)C1. The molecule has 0 aliphatic heterocycles. The molecule has 69 heavy (non-hydrogen) atoms. The largest absolute Gasteiger partial charge is 0.356 e. The minimum Gasteiger partial charge on any atom is -0.356 e. The van der Waals surface area contributed by atoms with E-state index in [1.54, 1.807) is 0 Å². The molecule has 1 rings (SSSR count). The van der Waals surface area contributed by atoms with Gasteiger partial charge in [0.05, 0.1) is 0 Å². The van der Waals surface area contributed by atoms with Crippen LogP contribution in [0.4, 0.5) is 0 Å². The first-order valence-corrected chi connectivity index (χ1v) is 30.8. The van der Waals surface area contributed by atoms with E-state index in [4.69, 9.17) is 0 Å². The molecule has 1 saturated carbocycles. The van der Waals surface area contributed by atoms with E-state index in [1.807, 2.05) is 0 Å². The molecule has 1 aliphatic rings. The maximum Gasteiger partial charge on any atom is 0.223 e. The molecule has 0 atom stereocenters. The van der Waals surface area contributed by atoms with E-state index < -0.39 is 0 Å². The molecule has 0 heterocycles. The van der Waals surface area contributed by atoms with Gasteiger partial charge in [0.1, 0.15) is 0 Å². The van der Waals surface area contributed by atoms with Gasteiger partial charge in [0.2, 0.25) is 17.7 Å². The molecule has 0 bridgehead atoms. The Morgan fingerprint density at radius 1 is 0.275 bits per heavy atom. The highest BCUT2D eigenvalue weighted by Crippen LogP contribution is 2.34. The van der Waals surface area contributed by atoms with E-state index in [2.05, 4.69) is 73.2 Å². The molecule has 0 unspecified atom stereocenters. The average molecular weight is 965 g/mol. The number of allylic oxidation sites excluding steroid dienone is 6. The lowest BCUT2D eigenvalue weighted by Crippen LogP contribution is -2.45.